The molecule has 1 atom stereocenters. The molecule has 0 aliphatic heterocycles. The van der Waals surface area contributed by atoms with E-state index in [4.69, 9.17) is 33.7 Å². The van der Waals surface area contributed by atoms with Gasteiger partial charge in [0.25, 0.3) is 0 Å². The molecule has 88 valence electrons. The molecule has 0 unspecified atom stereocenters. The van der Waals surface area contributed by atoms with E-state index in [0.29, 0.717) is 10.6 Å². The van der Waals surface area contributed by atoms with E-state index in [-0.39, 0.29) is 18.4 Å². The SMILES string of the molecule is C[C@H](N)c1ccc(OC/C(Cl)=C/Cl)c(F)c1. The van der Waals surface area contributed by atoms with Gasteiger partial charge in [0.05, 0.1) is 5.03 Å². The summed E-state index contributed by atoms with van der Waals surface area (Å²) in [5, 5.41) is 0.303. The van der Waals surface area contributed by atoms with Gasteiger partial charge < -0.3 is 10.5 Å². The Kier molecular flexibility index (Phi) is 5.06. The van der Waals surface area contributed by atoms with Crippen LogP contribution in [0.3, 0.4) is 0 Å². The number of hydrogen-bond acceptors (Lipinski definition) is 2. The minimum atomic E-state index is -0.464. The van der Waals surface area contributed by atoms with Gasteiger partial charge in [0, 0.05) is 11.6 Å². The van der Waals surface area contributed by atoms with Gasteiger partial charge >= 0.3 is 0 Å². The monoisotopic (exact) mass is 263 g/mol. The van der Waals surface area contributed by atoms with E-state index < -0.39 is 5.82 Å². The Morgan fingerprint density at radius 1 is 1.62 bits per heavy atom. The largest absolute Gasteiger partial charge is 0.485 e. The molecule has 0 amide bonds. The molecule has 0 bridgehead atoms. The van der Waals surface area contributed by atoms with Crippen LogP contribution in [0.2, 0.25) is 0 Å². The van der Waals surface area contributed by atoms with Crippen LogP contribution in [0, 0.1) is 5.82 Å². The van der Waals surface area contributed by atoms with Crippen molar-refractivity contribution in [3.63, 3.8) is 0 Å². The Balaban J connectivity index is 2.75. The fraction of sp³-hybridized carbons (Fsp3) is 0.273. The van der Waals surface area contributed by atoms with Crippen LogP contribution in [0.4, 0.5) is 4.39 Å². The molecular formula is C11H12Cl2FNO. The first kappa shape index (κ1) is 13.3. The smallest absolute Gasteiger partial charge is 0.165 e. The predicted molar refractivity (Wildman–Crippen MR) is 64.3 cm³/mol. The molecular weight excluding hydrogens is 252 g/mol. The maximum atomic E-state index is 13.5. The first-order chi connectivity index (χ1) is 7.54. The van der Waals surface area contributed by atoms with Crippen LogP contribution in [0.15, 0.2) is 28.8 Å². The van der Waals surface area contributed by atoms with Crippen molar-refractivity contribution in [1.82, 2.24) is 0 Å². The topological polar surface area (TPSA) is 35.2 Å². The highest BCUT2D eigenvalue weighted by atomic mass is 35.5. The third-order valence-electron chi connectivity index (χ3n) is 1.97. The van der Waals surface area contributed by atoms with Crippen molar-refractivity contribution in [3.05, 3.63) is 40.1 Å². The highest BCUT2D eigenvalue weighted by Gasteiger charge is 2.07. The van der Waals surface area contributed by atoms with Crippen LogP contribution >= 0.6 is 23.2 Å². The second kappa shape index (κ2) is 6.09. The van der Waals surface area contributed by atoms with Crippen molar-refractivity contribution in [2.75, 3.05) is 6.61 Å². The molecule has 1 aromatic carbocycles. The van der Waals surface area contributed by atoms with Crippen molar-refractivity contribution >= 4 is 23.2 Å². The lowest BCUT2D eigenvalue weighted by Gasteiger charge is -2.09. The van der Waals surface area contributed by atoms with Crippen LogP contribution in [-0.4, -0.2) is 6.61 Å². The van der Waals surface area contributed by atoms with Gasteiger partial charge in [-0.15, -0.1) is 0 Å². The lowest BCUT2D eigenvalue weighted by atomic mass is 10.1. The van der Waals surface area contributed by atoms with Crippen LogP contribution in [0.5, 0.6) is 5.75 Å². The molecule has 0 heterocycles. The van der Waals surface area contributed by atoms with Gasteiger partial charge in [-0.3, -0.25) is 0 Å². The molecule has 0 aliphatic rings. The standard InChI is InChI=1S/C11H12Cl2FNO/c1-7(15)8-2-3-11(10(14)4-8)16-6-9(13)5-12/h2-5,7H,6,15H2,1H3/b9-5-/t7-/m0/s1. The minimum Gasteiger partial charge on any atom is -0.485 e. The number of benzene rings is 1. The summed E-state index contributed by atoms with van der Waals surface area (Å²) in [6.07, 6.45) is 0. The van der Waals surface area contributed by atoms with E-state index >= 15 is 0 Å². The van der Waals surface area contributed by atoms with Gasteiger partial charge in [-0.05, 0) is 24.6 Å². The average molecular weight is 264 g/mol. The molecule has 0 radical (unpaired) electrons. The maximum absolute atomic E-state index is 13.5. The molecule has 0 aliphatic carbocycles. The van der Waals surface area contributed by atoms with Crippen molar-refractivity contribution in [1.29, 1.82) is 0 Å². The molecule has 1 aromatic rings. The second-order valence-corrected chi connectivity index (χ2v) is 4.03. The summed E-state index contributed by atoms with van der Waals surface area (Å²) in [5.41, 5.74) is 7.51. The summed E-state index contributed by atoms with van der Waals surface area (Å²) in [6.45, 7) is 1.82. The number of ether oxygens (including phenoxy) is 1. The first-order valence-corrected chi connectivity index (χ1v) is 5.48. The highest BCUT2D eigenvalue weighted by molar-refractivity contribution is 6.36. The zero-order chi connectivity index (χ0) is 12.1. The first-order valence-electron chi connectivity index (χ1n) is 4.67. The third-order valence-corrected chi connectivity index (χ3v) is 2.56. The van der Waals surface area contributed by atoms with Crippen molar-refractivity contribution in [3.8, 4) is 5.75 Å². The fourth-order valence-electron chi connectivity index (χ4n) is 1.10. The van der Waals surface area contributed by atoms with Gasteiger partial charge in [0.15, 0.2) is 11.6 Å². The van der Waals surface area contributed by atoms with Gasteiger partial charge in [-0.25, -0.2) is 4.39 Å². The Morgan fingerprint density at radius 3 is 2.81 bits per heavy atom. The minimum absolute atomic E-state index is 0.0412. The number of nitrogens with two attached hydrogens (primary N) is 1. The Labute approximate surface area is 104 Å². The second-order valence-electron chi connectivity index (χ2n) is 3.32. The molecule has 0 aromatic heterocycles. The van der Waals surface area contributed by atoms with E-state index in [1.807, 2.05) is 0 Å². The zero-order valence-corrected chi connectivity index (χ0v) is 10.2. The van der Waals surface area contributed by atoms with Crippen LogP contribution in [0.1, 0.15) is 18.5 Å². The van der Waals surface area contributed by atoms with Crippen LogP contribution < -0.4 is 10.5 Å². The zero-order valence-electron chi connectivity index (χ0n) is 8.71. The molecule has 1 rings (SSSR count). The van der Waals surface area contributed by atoms with E-state index in [0.717, 1.165) is 0 Å². The summed E-state index contributed by atoms with van der Waals surface area (Å²) in [4.78, 5) is 0. The van der Waals surface area contributed by atoms with Gasteiger partial charge in [-0.1, -0.05) is 29.3 Å². The Bertz CT molecular complexity index is 394. The Hall–Kier alpha value is -0.770. The van der Waals surface area contributed by atoms with Crippen LogP contribution in [0.25, 0.3) is 0 Å². The normalized spacial score (nSPS) is 13.7. The number of hydrogen-bond donors (Lipinski definition) is 1. The van der Waals surface area contributed by atoms with E-state index in [9.17, 15) is 4.39 Å². The third kappa shape index (κ3) is 3.67. The molecule has 2 N–H and O–H groups in total. The lowest BCUT2D eigenvalue weighted by molar-refractivity contribution is 0.338. The van der Waals surface area contributed by atoms with Gasteiger partial charge in [0.1, 0.15) is 6.61 Å². The van der Waals surface area contributed by atoms with E-state index in [2.05, 4.69) is 0 Å². The van der Waals surface area contributed by atoms with Gasteiger partial charge in [0.2, 0.25) is 0 Å². The molecule has 0 saturated heterocycles. The van der Waals surface area contributed by atoms with Crippen LogP contribution in [-0.2, 0) is 0 Å². The lowest BCUT2D eigenvalue weighted by Crippen LogP contribution is -2.06. The summed E-state index contributed by atoms with van der Waals surface area (Å²) in [6, 6.07) is 4.36. The number of rotatable bonds is 4. The predicted octanol–water partition coefficient (Wildman–Crippen LogP) is 3.54. The van der Waals surface area contributed by atoms with E-state index in [1.54, 1.807) is 13.0 Å². The van der Waals surface area contributed by atoms with Crippen molar-refractivity contribution in [2.24, 2.45) is 5.73 Å². The maximum Gasteiger partial charge on any atom is 0.165 e. The van der Waals surface area contributed by atoms with Gasteiger partial charge in [-0.2, -0.15) is 0 Å². The fourth-order valence-corrected chi connectivity index (χ4v) is 1.21. The number of halogens is 3. The molecule has 0 spiro atoms. The highest BCUT2D eigenvalue weighted by Crippen LogP contribution is 2.22. The summed E-state index contributed by atoms with van der Waals surface area (Å²) < 4.78 is 18.6. The summed E-state index contributed by atoms with van der Waals surface area (Å²) in [5.74, 6) is -0.338. The molecule has 2 nitrogen and oxygen atoms in total. The average Bonchev–Trinajstić information content (AvgIpc) is 2.26. The Morgan fingerprint density at radius 2 is 2.31 bits per heavy atom. The molecule has 0 fully saturated rings. The quantitative estimate of drug-likeness (QED) is 0.902. The van der Waals surface area contributed by atoms with Crippen molar-refractivity contribution in [2.45, 2.75) is 13.0 Å². The summed E-state index contributed by atoms with van der Waals surface area (Å²) in [7, 11) is 0. The molecule has 16 heavy (non-hydrogen) atoms. The molecule has 5 heteroatoms. The summed E-state index contributed by atoms with van der Waals surface area (Å²) >= 11 is 11.0. The van der Waals surface area contributed by atoms with E-state index in [1.165, 1.54) is 17.7 Å². The van der Waals surface area contributed by atoms with Crippen molar-refractivity contribution < 1.29 is 9.13 Å². The molecule has 0 saturated carbocycles.